The lowest BCUT2D eigenvalue weighted by atomic mass is 9.82. The number of ether oxygens (including phenoxy) is 1. The van der Waals surface area contributed by atoms with Gasteiger partial charge in [-0.15, -0.1) is 0 Å². The van der Waals surface area contributed by atoms with Crippen molar-refractivity contribution in [3.63, 3.8) is 0 Å². The molecular weight excluding hydrogens is 381 g/mol. The Labute approximate surface area is 166 Å². The second-order valence-electron chi connectivity index (χ2n) is 6.48. The van der Waals surface area contributed by atoms with Gasteiger partial charge in [0.25, 0.3) is 5.56 Å². The number of halogens is 1. The molecule has 148 valence electrons. The lowest BCUT2D eigenvalue weighted by Gasteiger charge is -2.28. The zero-order chi connectivity index (χ0) is 20.3. The van der Waals surface area contributed by atoms with Crippen LogP contribution in [0, 0.1) is 5.82 Å². The van der Waals surface area contributed by atoms with Crippen molar-refractivity contribution in [2.45, 2.75) is 37.8 Å². The number of rotatable bonds is 6. The molecule has 8 heteroatoms. The molecule has 0 aliphatic carbocycles. The number of unbranched alkanes of at least 4 members (excludes halogenated alkanes) is 1. The SMILES string of the molecule is CCCCSc1nc2c(c(=O)[nH]1)[C@H](c1ccc(F)cc1)C(C(=O)OC)=C(C)N2. The molecule has 1 atom stereocenters. The Hall–Kier alpha value is -2.61. The van der Waals surface area contributed by atoms with Crippen molar-refractivity contribution in [1.82, 2.24) is 9.97 Å². The molecule has 2 heterocycles. The maximum absolute atomic E-state index is 13.4. The Morgan fingerprint density at radius 3 is 2.68 bits per heavy atom. The Kier molecular flexibility index (Phi) is 6.18. The van der Waals surface area contributed by atoms with Crippen LogP contribution in [0.25, 0.3) is 0 Å². The van der Waals surface area contributed by atoms with Crippen LogP contribution in [0.5, 0.6) is 0 Å². The first-order valence-corrected chi connectivity index (χ1v) is 10.0. The Morgan fingerprint density at radius 1 is 1.32 bits per heavy atom. The van der Waals surface area contributed by atoms with Crippen molar-refractivity contribution in [2.24, 2.45) is 0 Å². The van der Waals surface area contributed by atoms with E-state index in [0.717, 1.165) is 18.6 Å². The molecule has 1 aromatic carbocycles. The topological polar surface area (TPSA) is 84.1 Å². The molecule has 6 nitrogen and oxygen atoms in total. The van der Waals surface area contributed by atoms with E-state index in [1.165, 1.54) is 31.0 Å². The first kappa shape index (κ1) is 20.1. The summed E-state index contributed by atoms with van der Waals surface area (Å²) in [7, 11) is 1.29. The summed E-state index contributed by atoms with van der Waals surface area (Å²) in [5.41, 5.74) is 1.45. The number of anilines is 1. The first-order valence-electron chi connectivity index (χ1n) is 9.04. The number of carbonyl (C=O) groups is 1. The van der Waals surface area contributed by atoms with Crippen LogP contribution in [0.15, 0.2) is 45.5 Å². The van der Waals surface area contributed by atoms with Gasteiger partial charge >= 0.3 is 5.97 Å². The molecule has 0 saturated heterocycles. The van der Waals surface area contributed by atoms with E-state index in [-0.39, 0.29) is 5.56 Å². The molecule has 0 radical (unpaired) electrons. The van der Waals surface area contributed by atoms with Gasteiger partial charge in [0.1, 0.15) is 11.6 Å². The van der Waals surface area contributed by atoms with Crippen molar-refractivity contribution in [2.75, 3.05) is 18.2 Å². The fraction of sp³-hybridized carbons (Fsp3) is 0.350. The monoisotopic (exact) mass is 403 g/mol. The number of nitrogens with zero attached hydrogens (tertiary/aromatic N) is 1. The van der Waals surface area contributed by atoms with Crippen molar-refractivity contribution >= 4 is 23.5 Å². The summed E-state index contributed by atoms with van der Waals surface area (Å²) in [5, 5.41) is 3.59. The van der Waals surface area contributed by atoms with Crippen molar-refractivity contribution in [3.05, 3.63) is 62.8 Å². The molecule has 0 saturated carbocycles. The minimum Gasteiger partial charge on any atom is -0.466 e. The number of nitrogens with one attached hydrogen (secondary N) is 2. The second kappa shape index (κ2) is 8.60. The number of esters is 1. The number of H-pyrrole nitrogens is 1. The third-order valence-corrected chi connectivity index (χ3v) is 5.53. The smallest absolute Gasteiger partial charge is 0.336 e. The van der Waals surface area contributed by atoms with E-state index in [9.17, 15) is 14.0 Å². The van der Waals surface area contributed by atoms with E-state index < -0.39 is 17.7 Å². The van der Waals surface area contributed by atoms with Crippen molar-refractivity contribution in [1.29, 1.82) is 0 Å². The van der Waals surface area contributed by atoms with Crippen LogP contribution >= 0.6 is 11.8 Å². The molecule has 3 rings (SSSR count). The Bertz CT molecular complexity index is 970. The predicted octanol–water partition coefficient (Wildman–Crippen LogP) is 3.81. The van der Waals surface area contributed by atoms with Gasteiger partial charge in [0.2, 0.25) is 0 Å². The van der Waals surface area contributed by atoms with E-state index in [0.29, 0.717) is 33.4 Å². The van der Waals surface area contributed by atoms with E-state index in [4.69, 9.17) is 4.74 Å². The molecule has 0 amide bonds. The standard InChI is InChI=1S/C20H22FN3O3S/c1-4-5-10-28-20-23-17-16(18(25)24-20)15(12-6-8-13(21)9-7-12)14(11(2)22-17)19(26)27-3/h6-9,15H,4-5,10H2,1-3H3,(H2,22,23,24,25)/t15-/m1/s1. The summed E-state index contributed by atoms with van der Waals surface area (Å²) in [6, 6.07) is 5.74. The number of thioether (sulfide) groups is 1. The summed E-state index contributed by atoms with van der Waals surface area (Å²) in [5.74, 6) is -0.391. The highest BCUT2D eigenvalue weighted by atomic mass is 32.2. The van der Waals surface area contributed by atoms with Crippen LogP contribution in [0.4, 0.5) is 10.2 Å². The Morgan fingerprint density at radius 2 is 2.04 bits per heavy atom. The van der Waals surface area contributed by atoms with Gasteiger partial charge < -0.3 is 15.0 Å². The van der Waals surface area contributed by atoms with E-state index in [1.54, 1.807) is 19.1 Å². The fourth-order valence-electron chi connectivity index (χ4n) is 3.18. The molecular formula is C20H22FN3O3S. The average Bonchev–Trinajstić information content (AvgIpc) is 2.67. The van der Waals surface area contributed by atoms with E-state index in [2.05, 4.69) is 22.2 Å². The van der Waals surface area contributed by atoms with Crippen LogP contribution in [0.3, 0.4) is 0 Å². The molecule has 2 aromatic rings. The van der Waals surface area contributed by atoms with Gasteiger partial charge in [0, 0.05) is 11.4 Å². The summed E-state index contributed by atoms with van der Waals surface area (Å²) in [6.45, 7) is 3.83. The summed E-state index contributed by atoms with van der Waals surface area (Å²) >= 11 is 1.48. The third kappa shape index (κ3) is 3.96. The number of carbonyl (C=O) groups excluding carboxylic acids is 1. The quantitative estimate of drug-likeness (QED) is 0.330. The predicted molar refractivity (Wildman–Crippen MR) is 107 cm³/mol. The normalized spacial score (nSPS) is 15.8. The zero-order valence-electron chi connectivity index (χ0n) is 16.0. The van der Waals surface area contributed by atoms with Crippen LogP contribution in [0.1, 0.15) is 43.7 Å². The first-order chi connectivity index (χ1) is 13.5. The van der Waals surface area contributed by atoms with Crippen LogP contribution in [0.2, 0.25) is 0 Å². The van der Waals surface area contributed by atoms with Gasteiger partial charge in [-0.1, -0.05) is 37.2 Å². The van der Waals surface area contributed by atoms with Crippen LogP contribution in [-0.4, -0.2) is 28.8 Å². The van der Waals surface area contributed by atoms with Gasteiger partial charge in [-0.2, -0.15) is 0 Å². The molecule has 28 heavy (non-hydrogen) atoms. The number of aromatic nitrogens is 2. The van der Waals surface area contributed by atoms with E-state index >= 15 is 0 Å². The number of hydrogen-bond acceptors (Lipinski definition) is 6. The molecule has 0 unspecified atom stereocenters. The number of hydrogen-bond donors (Lipinski definition) is 2. The molecule has 1 aromatic heterocycles. The summed E-state index contributed by atoms with van der Waals surface area (Å²) < 4.78 is 18.4. The molecule has 0 fully saturated rings. The highest BCUT2D eigenvalue weighted by Crippen LogP contribution is 2.40. The fourth-order valence-corrected chi connectivity index (χ4v) is 4.13. The molecule has 1 aliphatic rings. The van der Waals surface area contributed by atoms with Crippen LogP contribution in [-0.2, 0) is 9.53 Å². The molecule has 0 spiro atoms. The molecule has 0 bridgehead atoms. The highest BCUT2D eigenvalue weighted by molar-refractivity contribution is 7.99. The summed E-state index contributed by atoms with van der Waals surface area (Å²) in [6.07, 6.45) is 2.07. The number of aromatic amines is 1. The number of benzene rings is 1. The minimum absolute atomic E-state index is 0.306. The van der Waals surface area contributed by atoms with Crippen molar-refractivity contribution in [3.8, 4) is 0 Å². The number of fused-ring (bicyclic) bond motifs is 1. The zero-order valence-corrected chi connectivity index (χ0v) is 16.8. The maximum atomic E-state index is 13.4. The summed E-state index contributed by atoms with van der Waals surface area (Å²) in [4.78, 5) is 32.7. The van der Waals surface area contributed by atoms with Gasteiger partial charge in [0.15, 0.2) is 5.16 Å². The lowest BCUT2D eigenvalue weighted by Crippen LogP contribution is -2.31. The number of methoxy groups -OCH3 is 1. The van der Waals surface area contributed by atoms with Gasteiger partial charge in [0.05, 0.1) is 24.2 Å². The van der Waals surface area contributed by atoms with Gasteiger partial charge in [-0.05, 0) is 31.0 Å². The number of allylic oxidation sites excluding steroid dienone is 1. The lowest BCUT2D eigenvalue weighted by molar-refractivity contribution is -0.136. The van der Waals surface area contributed by atoms with Gasteiger partial charge in [-0.25, -0.2) is 14.2 Å². The minimum atomic E-state index is -0.699. The van der Waals surface area contributed by atoms with Crippen molar-refractivity contribution < 1.29 is 13.9 Å². The van der Waals surface area contributed by atoms with E-state index in [1.807, 2.05) is 0 Å². The molecule has 1 aliphatic heterocycles. The maximum Gasteiger partial charge on any atom is 0.336 e. The molecule has 2 N–H and O–H groups in total. The second-order valence-corrected chi connectivity index (χ2v) is 7.56. The Balaban J connectivity index is 2.13. The average molecular weight is 403 g/mol. The van der Waals surface area contributed by atoms with Crippen LogP contribution < -0.4 is 10.9 Å². The highest BCUT2D eigenvalue weighted by Gasteiger charge is 2.36. The largest absolute Gasteiger partial charge is 0.466 e. The third-order valence-electron chi connectivity index (χ3n) is 4.57. The van der Waals surface area contributed by atoms with Gasteiger partial charge in [-0.3, -0.25) is 4.79 Å².